The highest BCUT2D eigenvalue weighted by atomic mass is 32.2. The van der Waals surface area contributed by atoms with E-state index in [1.807, 2.05) is 13.8 Å². The summed E-state index contributed by atoms with van der Waals surface area (Å²) in [5.41, 5.74) is 0. The van der Waals surface area contributed by atoms with E-state index in [2.05, 4.69) is 0 Å². The first-order valence-electron chi connectivity index (χ1n) is 4.19. The van der Waals surface area contributed by atoms with Crippen molar-refractivity contribution in [2.75, 3.05) is 18.8 Å². The van der Waals surface area contributed by atoms with E-state index in [0.717, 1.165) is 0 Å². The monoisotopic (exact) mass is 205 g/mol. The van der Waals surface area contributed by atoms with E-state index < -0.39 is 16.4 Å². The summed E-state index contributed by atoms with van der Waals surface area (Å²) in [4.78, 5) is 23.4. The van der Waals surface area contributed by atoms with Crippen molar-refractivity contribution < 1.29 is 14.1 Å². The molecule has 0 aromatic heterocycles. The zero-order valence-electron chi connectivity index (χ0n) is 8.20. The lowest BCUT2D eigenvalue weighted by atomic mass is 10.5. The third-order valence-electron chi connectivity index (χ3n) is 1.55. The summed E-state index contributed by atoms with van der Waals surface area (Å²) >= 11 is -1.69. The van der Waals surface area contributed by atoms with E-state index in [1.165, 1.54) is 11.8 Å². The van der Waals surface area contributed by atoms with Gasteiger partial charge in [0.2, 0.25) is 0 Å². The molecule has 0 aromatic carbocycles. The minimum absolute atomic E-state index is 0.171. The maximum atomic E-state index is 11.3. The predicted molar refractivity (Wildman–Crippen MR) is 52.0 cm³/mol. The van der Waals surface area contributed by atoms with Gasteiger partial charge in [-0.15, -0.1) is 0 Å². The van der Waals surface area contributed by atoms with E-state index in [0.29, 0.717) is 13.1 Å². The van der Waals surface area contributed by atoms with Crippen LogP contribution in [0.3, 0.4) is 0 Å². The first kappa shape index (κ1) is 12.4. The second-order valence-electron chi connectivity index (χ2n) is 2.63. The Balaban J connectivity index is 4.14. The van der Waals surface area contributed by atoms with Crippen LogP contribution in [-0.4, -0.2) is 39.3 Å². The molecule has 76 valence electrons. The first-order chi connectivity index (χ1) is 6.02. The zero-order valence-corrected chi connectivity index (χ0v) is 9.02. The molecule has 0 radical (unpaired) electrons. The highest BCUT2D eigenvalue weighted by Gasteiger charge is 2.25. The van der Waals surface area contributed by atoms with Crippen LogP contribution in [-0.2, 0) is 16.0 Å². The van der Waals surface area contributed by atoms with Gasteiger partial charge in [-0.25, -0.2) is 4.79 Å². The second kappa shape index (κ2) is 5.99. The van der Waals surface area contributed by atoms with Gasteiger partial charge in [0.05, 0.1) is 11.2 Å². The first-order valence-corrected chi connectivity index (χ1v) is 5.51. The Morgan fingerprint density at radius 1 is 1.31 bits per heavy atom. The SMILES string of the molecule is CCN(CC)C(=O)[S+]([O-])CC(C)=O. The number of nitrogens with zero attached hydrogens (tertiary/aromatic N) is 1. The van der Waals surface area contributed by atoms with Crippen molar-refractivity contribution in [2.24, 2.45) is 0 Å². The van der Waals surface area contributed by atoms with Gasteiger partial charge in [0.15, 0.2) is 11.5 Å². The Kier molecular flexibility index (Phi) is 5.73. The van der Waals surface area contributed by atoms with Gasteiger partial charge < -0.3 is 4.55 Å². The van der Waals surface area contributed by atoms with Crippen molar-refractivity contribution in [3.63, 3.8) is 0 Å². The molecule has 0 aliphatic carbocycles. The number of carbonyl (C=O) groups is 2. The van der Waals surface area contributed by atoms with Crippen LogP contribution in [0.2, 0.25) is 0 Å². The summed E-state index contributed by atoms with van der Waals surface area (Å²) in [6, 6.07) is 0. The summed E-state index contributed by atoms with van der Waals surface area (Å²) in [5, 5.41) is -0.444. The summed E-state index contributed by atoms with van der Waals surface area (Å²) in [5.74, 6) is -0.395. The summed E-state index contributed by atoms with van der Waals surface area (Å²) in [7, 11) is 0. The molecule has 5 heteroatoms. The average Bonchev–Trinajstić information content (AvgIpc) is 2.05. The van der Waals surface area contributed by atoms with Gasteiger partial charge in [0.1, 0.15) is 0 Å². The van der Waals surface area contributed by atoms with Crippen LogP contribution >= 0.6 is 0 Å². The topological polar surface area (TPSA) is 60.4 Å². The molecule has 0 saturated carbocycles. The van der Waals surface area contributed by atoms with Crippen molar-refractivity contribution >= 4 is 22.2 Å². The van der Waals surface area contributed by atoms with Crippen LogP contribution in [0.15, 0.2) is 0 Å². The number of rotatable bonds is 4. The standard InChI is InChI=1S/C8H15NO3S/c1-4-9(5-2)8(11)13(12)6-7(3)10/h4-6H2,1-3H3. The molecule has 0 aliphatic heterocycles. The Labute approximate surface area is 81.5 Å². The van der Waals surface area contributed by atoms with Gasteiger partial charge in [-0.05, 0) is 20.8 Å². The third kappa shape index (κ3) is 4.28. The number of Topliss-reactive ketones (excluding diaryl/α,β-unsaturated/α-hetero) is 1. The summed E-state index contributed by atoms with van der Waals surface area (Å²) < 4.78 is 11.2. The van der Waals surface area contributed by atoms with Crippen LogP contribution in [0.25, 0.3) is 0 Å². The number of hydrogen-bond donors (Lipinski definition) is 0. The maximum absolute atomic E-state index is 11.3. The highest BCUT2D eigenvalue weighted by molar-refractivity contribution is 8.06. The number of ketones is 1. The molecular formula is C8H15NO3S. The number of amides is 1. The smallest absolute Gasteiger partial charge is 0.430 e. The maximum Gasteiger partial charge on any atom is 0.430 e. The third-order valence-corrected chi connectivity index (χ3v) is 2.87. The van der Waals surface area contributed by atoms with Crippen molar-refractivity contribution in [2.45, 2.75) is 20.8 Å². The van der Waals surface area contributed by atoms with Gasteiger partial charge in [-0.3, -0.25) is 9.69 Å². The van der Waals surface area contributed by atoms with Gasteiger partial charge in [-0.2, -0.15) is 0 Å². The molecular weight excluding hydrogens is 190 g/mol. The van der Waals surface area contributed by atoms with Crippen molar-refractivity contribution in [3.05, 3.63) is 0 Å². The lowest BCUT2D eigenvalue weighted by Gasteiger charge is -2.18. The molecule has 1 unspecified atom stereocenters. The molecule has 0 spiro atoms. The summed E-state index contributed by atoms with van der Waals surface area (Å²) in [6.07, 6.45) is 0. The molecule has 0 aliphatic rings. The zero-order chi connectivity index (χ0) is 10.4. The molecule has 0 N–H and O–H groups in total. The highest BCUT2D eigenvalue weighted by Crippen LogP contribution is 2.01. The van der Waals surface area contributed by atoms with E-state index in [-0.39, 0.29) is 11.5 Å². The molecule has 13 heavy (non-hydrogen) atoms. The minimum atomic E-state index is -1.69. The van der Waals surface area contributed by atoms with Crippen molar-refractivity contribution in [1.82, 2.24) is 4.90 Å². The predicted octanol–water partition coefficient (Wildman–Crippen LogP) is 0.786. The van der Waals surface area contributed by atoms with Crippen LogP contribution in [0.4, 0.5) is 4.79 Å². The van der Waals surface area contributed by atoms with E-state index in [9.17, 15) is 14.1 Å². The normalized spacial score (nSPS) is 12.3. The molecule has 0 saturated heterocycles. The molecule has 0 heterocycles. The lowest BCUT2D eigenvalue weighted by molar-refractivity contribution is -0.114. The van der Waals surface area contributed by atoms with Crippen LogP contribution in [0.5, 0.6) is 0 Å². The Hall–Kier alpha value is -0.550. The molecule has 1 atom stereocenters. The van der Waals surface area contributed by atoms with Gasteiger partial charge in [-0.1, -0.05) is 0 Å². The molecule has 4 nitrogen and oxygen atoms in total. The molecule has 0 fully saturated rings. The quantitative estimate of drug-likeness (QED) is 0.637. The van der Waals surface area contributed by atoms with Crippen LogP contribution in [0, 0.1) is 0 Å². The fourth-order valence-electron chi connectivity index (χ4n) is 0.872. The van der Waals surface area contributed by atoms with Crippen molar-refractivity contribution in [3.8, 4) is 0 Å². The Bertz CT molecular complexity index is 192. The number of carbonyl (C=O) groups excluding carboxylic acids is 2. The fraction of sp³-hybridized carbons (Fsp3) is 0.750. The van der Waals surface area contributed by atoms with E-state index in [1.54, 1.807) is 0 Å². The second-order valence-corrected chi connectivity index (χ2v) is 3.96. The molecule has 0 rings (SSSR count). The largest absolute Gasteiger partial charge is 0.607 e. The molecule has 1 amide bonds. The van der Waals surface area contributed by atoms with Crippen molar-refractivity contribution in [1.29, 1.82) is 0 Å². The number of hydrogen-bond acceptors (Lipinski definition) is 3. The Morgan fingerprint density at radius 2 is 1.77 bits per heavy atom. The van der Waals surface area contributed by atoms with E-state index in [4.69, 9.17) is 0 Å². The minimum Gasteiger partial charge on any atom is -0.607 e. The Morgan fingerprint density at radius 3 is 2.08 bits per heavy atom. The fourth-order valence-corrected chi connectivity index (χ4v) is 1.91. The van der Waals surface area contributed by atoms with Gasteiger partial charge >= 0.3 is 5.24 Å². The van der Waals surface area contributed by atoms with Gasteiger partial charge in [0.25, 0.3) is 0 Å². The lowest BCUT2D eigenvalue weighted by Crippen LogP contribution is -2.37. The molecule has 0 bridgehead atoms. The molecule has 0 aromatic rings. The average molecular weight is 205 g/mol. The van der Waals surface area contributed by atoms with Crippen LogP contribution < -0.4 is 0 Å². The summed E-state index contributed by atoms with van der Waals surface area (Å²) in [6.45, 7) is 6.00. The van der Waals surface area contributed by atoms with Crippen LogP contribution in [0.1, 0.15) is 20.8 Å². The van der Waals surface area contributed by atoms with E-state index >= 15 is 0 Å². The van der Waals surface area contributed by atoms with Gasteiger partial charge in [0, 0.05) is 13.1 Å².